The molecule has 0 spiro atoms. The fourth-order valence-corrected chi connectivity index (χ4v) is 2.83. The summed E-state index contributed by atoms with van der Waals surface area (Å²) in [5, 5.41) is 26.9. The summed E-state index contributed by atoms with van der Waals surface area (Å²) >= 11 is 0. The molecule has 1 aliphatic carbocycles. The van der Waals surface area contributed by atoms with E-state index < -0.39 is 6.10 Å². The molecule has 8 nitrogen and oxygen atoms in total. The summed E-state index contributed by atoms with van der Waals surface area (Å²) in [6.45, 7) is 0. The van der Waals surface area contributed by atoms with Crippen LogP contribution < -0.4 is 10.6 Å². The summed E-state index contributed by atoms with van der Waals surface area (Å²) < 4.78 is 1.57. The molecule has 1 aromatic heterocycles. The monoisotopic (exact) mass is 316 g/mol. The Hall–Kier alpha value is -2.48. The Bertz CT molecular complexity index is 686. The van der Waals surface area contributed by atoms with Crippen molar-refractivity contribution in [3.05, 3.63) is 24.3 Å². The van der Waals surface area contributed by atoms with E-state index >= 15 is 0 Å². The van der Waals surface area contributed by atoms with Gasteiger partial charge in [0.2, 0.25) is 0 Å². The summed E-state index contributed by atoms with van der Waals surface area (Å²) in [5.41, 5.74) is 1.46. The number of benzene rings is 1. The highest BCUT2D eigenvalue weighted by atomic mass is 16.3. The summed E-state index contributed by atoms with van der Waals surface area (Å²) in [6.07, 6.45) is 3.11. The molecule has 1 fully saturated rings. The minimum atomic E-state index is -0.467. The van der Waals surface area contributed by atoms with Gasteiger partial charge in [-0.25, -0.2) is 9.48 Å². The van der Waals surface area contributed by atoms with Crippen molar-refractivity contribution in [2.75, 3.05) is 5.32 Å². The number of anilines is 1. The van der Waals surface area contributed by atoms with E-state index in [1.165, 1.54) is 0 Å². The van der Waals surface area contributed by atoms with Crippen LogP contribution in [0.5, 0.6) is 0 Å². The van der Waals surface area contributed by atoms with Crippen molar-refractivity contribution in [1.82, 2.24) is 25.5 Å². The zero-order valence-electron chi connectivity index (χ0n) is 12.9. The molecule has 2 aromatic rings. The molecular formula is C15H20N6O2. The van der Waals surface area contributed by atoms with Gasteiger partial charge in [-0.2, -0.15) is 0 Å². The van der Waals surface area contributed by atoms with Gasteiger partial charge in [0.1, 0.15) is 0 Å². The fraction of sp³-hybridized carbons (Fsp3) is 0.467. The number of rotatable bonds is 3. The van der Waals surface area contributed by atoms with Gasteiger partial charge in [0, 0.05) is 18.3 Å². The number of aromatic nitrogens is 4. The second kappa shape index (κ2) is 6.74. The zero-order chi connectivity index (χ0) is 16.2. The molecule has 2 atom stereocenters. The molecule has 0 radical (unpaired) electrons. The number of aliphatic hydroxyl groups is 1. The molecule has 23 heavy (non-hydrogen) atoms. The largest absolute Gasteiger partial charge is 0.391 e. The Morgan fingerprint density at radius 2 is 2.17 bits per heavy atom. The lowest BCUT2D eigenvalue weighted by Crippen LogP contribution is -2.46. The zero-order valence-corrected chi connectivity index (χ0v) is 12.9. The molecule has 1 aromatic carbocycles. The summed E-state index contributed by atoms with van der Waals surface area (Å²) in [4.78, 5) is 12.1. The van der Waals surface area contributed by atoms with E-state index in [1.807, 2.05) is 18.2 Å². The first-order valence-corrected chi connectivity index (χ1v) is 7.72. The number of carbonyl (C=O) groups excluding carboxylic acids is 1. The van der Waals surface area contributed by atoms with E-state index in [9.17, 15) is 9.90 Å². The minimum absolute atomic E-state index is 0.185. The second-order valence-corrected chi connectivity index (χ2v) is 5.76. The van der Waals surface area contributed by atoms with Crippen LogP contribution in [0.15, 0.2) is 24.3 Å². The van der Waals surface area contributed by atoms with Gasteiger partial charge in [0.05, 0.1) is 12.1 Å². The van der Waals surface area contributed by atoms with Crippen molar-refractivity contribution in [2.45, 2.75) is 37.8 Å². The van der Waals surface area contributed by atoms with Crippen LogP contribution in [0, 0.1) is 0 Å². The van der Waals surface area contributed by atoms with Crippen LogP contribution in [0.4, 0.5) is 10.5 Å². The van der Waals surface area contributed by atoms with Gasteiger partial charge in [-0.05, 0) is 35.4 Å². The number of hydrogen-bond acceptors (Lipinski definition) is 5. The normalized spacial score (nSPS) is 21.0. The summed E-state index contributed by atoms with van der Waals surface area (Å²) in [5.74, 6) is 0.622. The predicted octanol–water partition coefficient (Wildman–Crippen LogP) is 1.30. The van der Waals surface area contributed by atoms with E-state index in [4.69, 9.17) is 0 Å². The molecule has 1 aliphatic rings. The fourth-order valence-electron chi connectivity index (χ4n) is 2.83. The molecule has 0 aliphatic heterocycles. The first-order valence-electron chi connectivity index (χ1n) is 7.72. The Balaban J connectivity index is 1.66. The van der Waals surface area contributed by atoms with E-state index in [1.54, 1.807) is 17.8 Å². The van der Waals surface area contributed by atoms with Gasteiger partial charge in [-0.3, -0.25) is 0 Å². The molecule has 0 saturated heterocycles. The van der Waals surface area contributed by atoms with E-state index in [0.717, 1.165) is 31.2 Å². The van der Waals surface area contributed by atoms with Crippen molar-refractivity contribution in [2.24, 2.45) is 7.05 Å². The number of tetrazole rings is 1. The van der Waals surface area contributed by atoms with Gasteiger partial charge in [0.25, 0.3) is 0 Å². The maximum absolute atomic E-state index is 12.1. The Kier molecular flexibility index (Phi) is 4.52. The Labute approximate surface area is 133 Å². The molecule has 3 N–H and O–H groups in total. The topological polar surface area (TPSA) is 105 Å². The van der Waals surface area contributed by atoms with Crippen LogP contribution >= 0.6 is 0 Å². The van der Waals surface area contributed by atoms with Gasteiger partial charge >= 0.3 is 6.03 Å². The number of nitrogens with one attached hydrogen (secondary N) is 2. The van der Waals surface area contributed by atoms with Crippen LogP contribution in [0.3, 0.4) is 0 Å². The van der Waals surface area contributed by atoms with Crippen LogP contribution in [0.25, 0.3) is 11.4 Å². The van der Waals surface area contributed by atoms with Gasteiger partial charge in [0.15, 0.2) is 5.82 Å². The molecule has 0 unspecified atom stereocenters. The van der Waals surface area contributed by atoms with E-state index in [2.05, 4.69) is 26.2 Å². The first kappa shape index (κ1) is 15.4. The molecule has 122 valence electrons. The number of aryl methyl sites for hydroxylation is 1. The quantitative estimate of drug-likeness (QED) is 0.791. The smallest absolute Gasteiger partial charge is 0.319 e. The molecule has 3 rings (SSSR count). The SMILES string of the molecule is Cn1nnnc1-c1cccc(NC(=O)N[C@H]2CCCC[C@@H]2O)c1. The highest BCUT2D eigenvalue weighted by molar-refractivity contribution is 5.90. The van der Waals surface area contributed by atoms with Crippen molar-refractivity contribution in [3.8, 4) is 11.4 Å². The van der Waals surface area contributed by atoms with Gasteiger partial charge < -0.3 is 15.7 Å². The third kappa shape index (κ3) is 3.65. The highest BCUT2D eigenvalue weighted by Crippen LogP contribution is 2.20. The van der Waals surface area contributed by atoms with Crippen LogP contribution in [-0.4, -0.2) is 43.5 Å². The number of carbonyl (C=O) groups is 1. The molecule has 2 amide bonds. The third-order valence-electron chi connectivity index (χ3n) is 4.04. The average molecular weight is 316 g/mol. The Morgan fingerprint density at radius 1 is 1.35 bits per heavy atom. The van der Waals surface area contributed by atoms with E-state index in [-0.39, 0.29) is 12.1 Å². The lowest BCUT2D eigenvalue weighted by atomic mass is 9.93. The van der Waals surface area contributed by atoms with Crippen molar-refractivity contribution < 1.29 is 9.90 Å². The first-order chi connectivity index (χ1) is 11.1. The maximum atomic E-state index is 12.1. The summed E-state index contributed by atoms with van der Waals surface area (Å²) in [7, 11) is 1.76. The Morgan fingerprint density at radius 3 is 2.91 bits per heavy atom. The van der Waals surface area contributed by atoms with Crippen LogP contribution in [0.2, 0.25) is 0 Å². The third-order valence-corrected chi connectivity index (χ3v) is 4.04. The highest BCUT2D eigenvalue weighted by Gasteiger charge is 2.24. The lowest BCUT2D eigenvalue weighted by Gasteiger charge is -2.28. The number of amides is 2. The van der Waals surface area contributed by atoms with Crippen molar-refractivity contribution >= 4 is 11.7 Å². The summed E-state index contributed by atoms with van der Waals surface area (Å²) in [6, 6.07) is 6.81. The molecule has 0 bridgehead atoms. The van der Waals surface area contributed by atoms with Crippen LogP contribution in [-0.2, 0) is 7.05 Å². The predicted molar refractivity (Wildman–Crippen MR) is 84.7 cm³/mol. The number of aliphatic hydroxyl groups excluding tert-OH is 1. The van der Waals surface area contributed by atoms with Gasteiger partial charge in [-0.15, -0.1) is 5.10 Å². The standard InChI is InChI=1S/C15H20N6O2/c1-21-14(18-19-20-21)10-5-4-6-11(9-10)16-15(23)17-12-7-2-3-8-13(12)22/h4-6,9,12-13,22H,2-3,7-8H2,1H3,(H2,16,17,23)/t12-,13-/m0/s1. The lowest BCUT2D eigenvalue weighted by molar-refractivity contribution is 0.0955. The number of hydrogen-bond donors (Lipinski definition) is 3. The van der Waals surface area contributed by atoms with Crippen LogP contribution in [0.1, 0.15) is 25.7 Å². The van der Waals surface area contributed by atoms with E-state index in [0.29, 0.717) is 11.5 Å². The van der Waals surface area contributed by atoms with Crippen molar-refractivity contribution in [3.63, 3.8) is 0 Å². The maximum Gasteiger partial charge on any atom is 0.319 e. The molecular weight excluding hydrogens is 296 g/mol. The molecule has 1 saturated carbocycles. The second-order valence-electron chi connectivity index (χ2n) is 5.76. The number of urea groups is 1. The minimum Gasteiger partial charge on any atom is -0.391 e. The molecule has 8 heteroatoms. The van der Waals surface area contributed by atoms with Crippen molar-refractivity contribution in [1.29, 1.82) is 0 Å². The van der Waals surface area contributed by atoms with Gasteiger partial charge in [-0.1, -0.05) is 25.0 Å². The molecule has 1 heterocycles. The average Bonchev–Trinajstić information content (AvgIpc) is 2.96. The number of nitrogens with zero attached hydrogens (tertiary/aromatic N) is 4.